The molecule has 0 fully saturated rings. The first kappa shape index (κ1) is 26.3. The molecule has 0 aliphatic carbocycles. The first-order valence-corrected chi connectivity index (χ1v) is 12.5. The molecule has 0 saturated carbocycles. The number of aliphatic hydroxyl groups is 1. The van der Waals surface area contributed by atoms with Gasteiger partial charge in [-0.05, 0) is 80.6 Å². The summed E-state index contributed by atoms with van der Waals surface area (Å²) in [5.74, 6) is -0.401. The van der Waals surface area contributed by atoms with E-state index in [1.54, 1.807) is 25.1 Å². The average molecular weight is 494 g/mol. The van der Waals surface area contributed by atoms with Gasteiger partial charge in [-0.1, -0.05) is 43.3 Å². The molecule has 0 spiro atoms. The number of aliphatic hydroxyl groups excluding tert-OH is 1. The lowest BCUT2D eigenvalue weighted by Crippen LogP contribution is -2.14. The van der Waals surface area contributed by atoms with Gasteiger partial charge in [-0.2, -0.15) is 0 Å². The molecule has 0 radical (unpaired) electrons. The van der Waals surface area contributed by atoms with Crippen LogP contribution in [0.3, 0.4) is 0 Å². The second kappa shape index (κ2) is 11.4. The van der Waals surface area contributed by atoms with Crippen LogP contribution in [0.2, 0.25) is 0 Å². The highest BCUT2D eigenvalue weighted by Gasteiger charge is 2.34. The van der Waals surface area contributed by atoms with E-state index in [-0.39, 0.29) is 28.9 Å². The first-order valence-electron chi connectivity index (χ1n) is 11.6. The number of hydrogen-bond donors (Lipinski definition) is 1. The molecule has 35 heavy (non-hydrogen) atoms. The monoisotopic (exact) mass is 493 g/mol. The standard InChI is InChI=1S/C28H31NO5S/c1-7-33-22-13-18(6)20(14-21(22)16(3)4)15-23-25(30)24(28(32)34-8-2)27(35-23)29-26(31)19-11-9-17(5)10-12-19/h9-16,30H,7-8H2,1-6H3/b23-15+,29-27?. The summed E-state index contributed by atoms with van der Waals surface area (Å²) in [5.41, 5.74) is 4.19. The summed E-state index contributed by atoms with van der Waals surface area (Å²) in [7, 11) is 0. The Morgan fingerprint density at radius 3 is 2.37 bits per heavy atom. The Hall–Kier alpha value is -3.32. The number of carbonyl (C=O) groups excluding carboxylic acids is 2. The summed E-state index contributed by atoms with van der Waals surface area (Å²) in [6.45, 7) is 12.4. The molecule has 0 bridgehead atoms. The molecule has 2 aromatic rings. The number of esters is 1. The summed E-state index contributed by atoms with van der Waals surface area (Å²) >= 11 is 1.07. The molecule has 6 nitrogen and oxygen atoms in total. The maximum Gasteiger partial charge on any atom is 0.344 e. The van der Waals surface area contributed by atoms with E-state index in [1.165, 1.54) is 0 Å². The normalized spacial score (nSPS) is 15.9. The lowest BCUT2D eigenvalue weighted by molar-refractivity contribution is -0.138. The molecule has 3 rings (SSSR count). The Morgan fingerprint density at radius 1 is 1.09 bits per heavy atom. The van der Waals surface area contributed by atoms with Crippen molar-refractivity contribution < 1.29 is 24.2 Å². The zero-order chi connectivity index (χ0) is 25.7. The molecule has 2 aromatic carbocycles. The molecule has 0 unspecified atom stereocenters. The molecule has 7 heteroatoms. The van der Waals surface area contributed by atoms with Crippen LogP contribution < -0.4 is 4.74 Å². The summed E-state index contributed by atoms with van der Waals surface area (Å²) in [4.78, 5) is 30.0. The number of amides is 1. The second-order valence-electron chi connectivity index (χ2n) is 8.48. The molecular weight excluding hydrogens is 462 g/mol. The number of ether oxygens (including phenoxy) is 2. The summed E-state index contributed by atoms with van der Waals surface area (Å²) in [6.07, 6.45) is 1.80. The highest BCUT2D eigenvalue weighted by Crippen LogP contribution is 2.40. The van der Waals surface area contributed by atoms with Crippen LogP contribution in [0.1, 0.15) is 66.2 Å². The second-order valence-corrected chi connectivity index (χ2v) is 9.51. The number of thioether (sulfide) groups is 1. The third kappa shape index (κ3) is 6.03. The van der Waals surface area contributed by atoms with E-state index in [9.17, 15) is 14.7 Å². The molecule has 1 amide bonds. The minimum Gasteiger partial charge on any atom is -0.506 e. The van der Waals surface area contributed by atoms with Crippen LogP contribution in [-0.4, -0.2) is 35.2 Å². The molecule has 184 valence electrons. The van der Waals surface area contributed by atoms with Crippen molar-refractivity contribution in [3.8, 4) is 5.75 Å². The van der Waals surface area contributed by atoms with Crippen LogP contribution >= 0.6 is 11.8 Å². The van der Waals surface area contributed by atoms with E-state index < -0.39 is 11.9 Å². The predicted octanol–water partition coefficient (Wildman–Crippen LogP) is 6.53. The maximum absolute atomic E-state index is 12.8. The topological polar surface area (TPSA) is 85.2 Å². The number of hydrogen-bond acceptors (Lipinski definition) is 6. The lowest BCUT2D eigenvalue weighted by atomic mass is 9.96. The Bertz CT molecular complexity index is 1220. The fourth-order valence-electron chi connectivity index (χ4n) is 3.59. The highest BCUT2D eigenvalue weighted by molar-refractivity contribution is 8.18. The molecule has 0 aromatic heterocycles. The average Bonchev–Trinajstić information content (AvgIpc) is 3.10. The smallest absolute Gasteiger partial charge is 0.344 e. The number of aliphatic imine (C=N–C) groups is 1. The number of benzene rings is 2. The van der Waals surface area contributed by atoms with Gasteiger partial charge < -0.3 is 14.6 Å². The van der Waals surface area contributed by atoms with E-state index in [1.807, 2.05) is 45.0 Å². The molecule has 1 heterocycles. The van der Waals surface area contributed by atoms with Gasteiger partial charge in [0.15, 0.2) is 0 Å². The fourth-order valence-corrected chi connectivity index (χ4v) is 4.59. The van der Waals surface area contributed by atoms with Gasteiger partial charge >= 0.3 is 5.97 Å². The van der Waals surface area contributed by atoms with Crippen LogP contribution in [-0.2, 0) is 9.53 Å². The molecule has 1 aliphatic rings. The van der Waals surface area contributed by atoms with Crippen molar-refractivity contribution in [3.63, 3.8) is 0 Å². The Morgan fingerprint density at radius 2 is 1.77 bits per heavy atom. The zero-order valence-corrected chi connectivity index (χ0v) is 21.8. The number of carbonyl (C=O) groups is 2. The highest BCUT2D eigenvalue weighted by atomic mass is 32.2. The lowest BCUT2D eigenvalue weighted by Gasteiger charge is -2.16. The molecule has 0 atom stereocenters. The quantitative estimate of drug-likeness (QED) is 0.442. The maximum atomic E-state index is 12.8. The van der Waals surface area contributed by atoms with Crippen molar-refractivity contribution in [2.24, 2.45) is 4.99 Å². The Labute approximate surface area is 210 Å². The van der Waals surface area contributed by atoms with E-state index >= 15 is 0 Å². The minimum absolute atomic E-state index is 0.101. The fraction of sp³-hybridized carbons (Fsp3) is 0.321. The van der Waals surface area contributed by atoms with Gasteiger partial charge in [0.25, 0.3) is 5.91 Å². The number of nitrogens with zero attached hydrogens (tertiary/aromatic N) is 1. The van der Waals surface area contributed by atoms with Crippen molar-refractivity contribution in [1.82, 2.24) is 0 Å². The van der Waals surface area contributed by atoms with Gasteiger partial charge in [-0.25, -0.2) is 9.79 Å². The molecule has 1 aliphatic heterocycles. The SMILES string of the molecule is CCOC(=O)C1=C(O)/C(=C\c2cc(C(C)C)c(OCC)cc2C)SC1=NC(=O)c1ccc(C)cc1. The van der Waals surface area contributed by atoms with E-state index in [2.05, 4.69) is 18.8 Å². The van der Waals surface area contributed by atoms with Crippen LogP contribution in [0, 0.1) is 13.8 Å². The van der Waals surface area contributed by atoms with Gasteiger partial charge in [-0.3, -0.25) is 4.79 Å². The zero-order valence-electron chi connectivity index (χ0n) is 21.0. The first-order chi connectivity index (χ1) is 16.7. The third-order valence-corrected chi connectivity index (χ3v) is 6.50. The van der Waals surface area contributed by atoms with Crippen molar-refractivity contribution in [3.05, 3.63) is 80.5 Å². The summed E-state index contributed by atoms with van der Waals surface area (Å²) in [6, 6.07) is 11.0. The van der Waals surface area contributed by atoms with Gasteiger partial charge in [0, 0.05) is 5.56 Å². The van der Waals surface area contributed by atoms with Crippen LogP contribution in [0.15, 0.2) is 57.6 Å². The Balaban J connectivity index is 2.07. The van der Waals surface area contributed by atoms with Crippen molar-refractivity contribution in [1.29, 1.82) is 0 Å². The number of rotatable bonds is 7. The van der Waals surface area contributed by atoms with Crippen molar-refractivity contribution in [2.45, 2.75) is 47.5 Å². The Kier molecular flexibility index (Phi) is 8.57. The van der Waals surface area contributed by atoms with Gasteiger partial charge in [0.1, 0.15) is 22.1 Å². The van der Waals surface area contributed by atoms with Crippen molar-refractivity contribution in [2.75, 3.05) is 13.2 Å². The van der Waals surface area contributed by atoms with E-state index in [4.69, 9.17) is 9.47 Å². The third-order valence-electron chi connectivity index (χ3n) is 5.48. The molecule has 0 saturated heterocycles. The predicted molar refractivity (Wildman–Crippen MR) is 141 cm³/mol. The summed E-state index contributed by atoms with van der Waals surface area (Å²) in [5, 5.41) is 11.1. The van der Waals surface area contributed by atoms with Crippen LogP contribution in [0.25, 0.3) is 6.08 Å². The summed E-state index contributed by atoms with van der Waals surface area (Å²) < 4.78 is 10.9. The number of aryl methyl sites for hydroxylation is 2. The molecular formula is C28H31NO5S. The van der Waals surface area contributed by atoms with E-state index in [0.717, 1.165) is 39.8 Å². The van der Waals surface area contributed by atoms with Crippen molar-refractivity contribution >= 4 is 34.8 Å². The van der Waals surface area contributed by atoms with Gasteiger partial charge in [-0.15, -0.1) is 0 Å². The minimum atomic E-state index is -0.720. The van der Waals surface area contributed by atoms with Gasteiger partial charge in [0.2, 0.25) is 0 Å². The van der Waals surface area contributed by atoms with Crippen LogP contribution in [0.4, 0.5) is 0 Å². The van der Waals surface area contributed by atoms with Crippen LogP contribution in [0.5, 0.6) is 5.75 Å². The largest absolute Gasteiger partial charge is 0.506 e. The molecule has 1 N–H and O–H groups in total. The van der Waals surface area contributed by atoms with Gasteiger partial charge in [0.05, 0.1) is 18.1 Å². The van der Waals surface area contributed by atoms with E-state index in [0.29, 0.717) is 17.1 Å².